The number of nitrogens with zero attached hydrogens (tertiary/aromatic N) is 4. The number of hydrogen-bond acceptors (Lipinski definition) is 5. The second-order valence-electron chi connectivity index (χ2n) is 5.18. The number of alkyl carbamates (subject to hydrolysis) is 1. The zero-order valence-corrected chi connectivity index (χ0v) is 11.7. The molecule has 0 spiro atoms. The Morgan fingerprint density at radius 2 is 2.00 bits per heavy atom. The minimum atomic E-state index is -0.507. The van der Waals surface area contributed by atoms with Crippen LogP contribution in [0.5, 0.6) is 0 Å². The first kappa shape index (κ1) is 14.0. The minimum absolute atomic E-state index is 0.307. The molecule has 0 aromatic carbocycles. The third kappa shape index (κ3) is 4.04. The molecule has 106 valence electrons. The van der Waals surface area contributed by atoms with Gasteiger partial charge in [0.25, 0.3) is 0 Å². The molecular formula is C13H17N5O2. The zero-order chi connectivity index (χ0) is 14.6. The van der Waals surface area contributed by atoms with Crippen LogP contribution in [0.15, 0.2) is 30.7 Å². The maximum absolute atomic E-state index is 11.5. The van der Waals surface area contributed by atoms with Crippen molar-refractivity contribution in [1.82, 2.24) is 25.3 Å². The molecule has 0 saturated heterocycles. The highest BCUT2D eigenvalue weighted by atomic mass is 16.6. The van der Waals surface area contributed by atoms with Gasteiger partial charge in [-0.15, -0.1) is 0 Å². The SMILES string of the molecule is CC(C)(C)OC(=O)NCc1ccc(-n2nccn2)cn1. The van der Waals surface area contributed by atoms with E-state index in [-0.39, 0.29) is 0 Å². The summed E-state index contributed by atoms with van der Waals surface area (Å²) in [6, 6.07) is 3.63. The van der Waals surface area contributed by atoms with Gasteiger partial charge in [0.05, 0.1) is 30.8 Å². The van der Waals surface area contributed by atoms with Crippen LogP contribution in [-0.2, 0) is 11.3 Å². The highest BCUT2D eigenvalue weighted by Crippen LogP contribution is 2.07. The summed E-state index contributed by atoms with van der Waals surface area (Å²) in [5, 5.41) is 10.7. The van der Waals surface area contributed by atoms with Crippen LogP contribution in [0.4, 0.5) is 4.79 Å². The lowest BCUT2D eigenvalue weighted by atomic mass is 10.2. The molecule has 0 aliphatic rings. The van der Waals surface area contributed by atoms with Gasteiger partial charge in [-0.1, -0.05) is 0 Å². The Kier molecular flexibility index (Phi) is 3.97. The molecule has 1 N–H and O–H groups in total. The Morgan fingerprint density at radius 1 is 1.30 bits per heavy atom. The summed E-state index contributed by atoms with van der Waals surface area (Å²) in [6.07, 6.45) is 4.37. The Bertz CT molecular complexity index is 557. The molecule has 0 atom stereocenters. The molecule has 0 aliphatic heterocycles. The second kappa shape index (κ2) is 5.68. The molecule has 0 aliphatic carbocycles. The average molecular weight is 275 g/mol. The summed E-state index contributed by atoms with van der Waals surface area (Å²) >= 11 is 0. The quantitative estimate of drug-likeness (QED) is 0.921. The van der Waals surface area contributed by atoms with Crippen LogP contribution in [0.3, 0.4) is 0 Å². The standard InChI is InChI=1S/C13H17N5O2/c1-13(2,3)20-12(19)15-8-10-4-5-11(9-14-10)18-16-6-7-17-18/h4-7,9H,8H2,1-3H3,(H,15,19). The third-order valence-electron chi connectivity index (χ3n) is 2.27. The lowest BCUT2D eigenvalue weighted by Gasteiger charge is -2.19. The van der Waals surface area contributed by atoms with Gasteiger partial charge >= 0.3 is 6.09 Å². The Balaban J connectivity index is 1.90. The fourth-order valence-electron chi connectivity index (χ4n) is 1.47. The molecule has 0 fully saturated rings. The van der Waals surface area contributed by atoms with Crippen molar-refractivity contribution in [1.29, 1.82) is 0 Å². The van der Waals surface area contributed by atoms with Crippen LogP contribution in [0.25, 0.3) is 5.69 Å². The molecule has 20 heavy (non-hydrogen) atoms. The molecule has 0 saturated carbocycles. The van der Waals surface area contributed by atoms with Gasteiger partial charge in [-0.3, -0.25) is 4.98 Å². The number of aromatic nitrogens is 4. The van der Waals surface area contributed by atoms with Crippen molar-refractivity contribution >= 4 is 6.09 Å². The topological polar surface area (TPSA) is 81.9 Å². The van der Waals surface area contributed by atoms with E-state index in [4.69, 9.17) is 4.74 Å². The maximum atomic E-state index is 11.5. The van der Waals surface area contributed by atoms with Crippen molar-refractivity contribution < 1.29 is 9.53 Å². The van der Waals surface area contributed by atoms with E-state index >= 15 is 0 Å². The van der Waals surface area contributed by atoms with Gasteiger partial charge in [0.2, 0.25) is 0 Å². The predicted octanol–water partition coefficient (Wildman–Crippen LogP) is 1.69. The Labute approximate surface area is 117 Å². The molecule has 0 bridgehead atoms. The molecule has 7 heteroatoms. The number of ether oxygens (including phenoxy) is 1. The lowest BCUT2D eigenvalue weighted by Crippen LogP contribution is -2.32. The lowest BCUT2D eigenvalue weighted by molar-refractivity contribution is 0.0523. The number of carbonyl (C=O) groups is 1. The Morgan fingerprint density at radius 3 is 2.55 bits per heavy atom. The summed E-state index contributed by atoms with van der Waals surface area (Å²) in [7, 11) is 0. The first-order valence-electron chi connectivity index (χ1n) is 6.22. The number of hydrogen-bond donors (Lipinski definition) is 1. The zero-order valence-electron chi connectivity index (χ0n) is 11.7. The minimum Gasteiger partial charge on any atom is -0.444 e. The molecule has 2 aromatic rings. The first-order valence-corrected chi connectivity index (χ1v) is 6.22. The number of rotatable bonds is 3. The highest BCUT2D eigenvalue weighted by molar-refractivity contribution is 5.67. The first-order chi connectivity index (χ1) is 9.44. The van der Waals surface area contributed by atoms with E-state index in [0.29, 0.717) is 6.54 Å². The van der Waals surface area contributed by atoms with Crippen molar-refractivity contribution in [2.75, 3.05) is 0 Å². The molecule has 1 amide bonds. The van der Waals surface area contributed by atoms with Crippen LogP contribution in [-0.4, -0.2) is 31.7 Å². The maximum Gasteiger partial charge on any atom is 0.407 e. The van der Waals surface area contributed by atoms with E-state index in [1.165, 1.54) is 4.80 Å². The summed E-state index contributed by atoms with van der Waals surface area (Å²) in [4.78, 5) is 17.2. The van der Waals surface area contributed by atoms with Crippen molar-refractivity contribution in [2.24, 2.45) is 0 Å². The average Bonchev–Trinajstić information content (AvgIpc) is 2.89. The highest BCUT2D eigenvalue weighted by Gasteiger charge is 2.15. The summed E-state index contributed by atoms with van der Waals surface area (Å²) < 4.78 is 5.14. The molecule has 0 radical (unpaired) electrons. The Hall–Kier alpha value is -2.44. The summed E-state index contributed by atoms with van der Waals surface area (Å²) in [5.74, 6) is 0. The third-order valence-corrected chi connectivity index (χ3v) is 2.27. The monoisotopic (exact) mass is 275 g/mol. The van der Waals surface area contributed by atoms with Crippen molar-refractivity contribution in [3.8, 4) is 5.69 Å². The van der Waals surface area contributed by atoms with Crippen LogP contribution >= 0.6 is 0 Å². The van der Waals surface area contributed by atoms with Crippen LogP contribution in [0, 0.1) is 0 Å². The molecule has 2 aromatic heterocycles. The van der Waals surface area contributed by atoms with E-state index in [1.54, 1.807) is 24.7 Å². The smallest absolute Gasteiger partial charge is 0.407 e. The van der Waals surface area contributed by atoms with E-state index in [0.717, 1.165) is 11.4 Å². The fraction of sp³-hybridized carbons (Fsp3) is 0.385. The second-order valence-corrected chi connectivity index (χ2v) is 5.18. The van der Waals surface area contributed by atoms with Gasteiger partial charge in [-0.05, 0) is 32.9 Å². The van der Waals surface area contributed by atoms with Crippen molar-refractivity contribution in [3.05, 3.63) is 36.4 Å². The van der Waals surface area contributed by atoms with E-state index < -0.39 is 11.7 Å². The summed E-state index contributed by atoms with van der Waals surface area (Å²) in [5.41, 5.74) is 0.982. The van der Waals surface area contributed by atoms with Gasteiger partial charge in [0.15, 0.2) is 0 Å². The predicted molar refractivity (Wildman–Crippen MR) is 72.2 cm³/mol. The van der Waals surface area contributed by atoms with Gasteiger partial charge in [-0.2, -0.15) is 15.0 Å². The van der Waals surface area contributed by atoms with Gasteiger partial charge in [-0.25, -0.2) is 4.79 Å². The number of carbonyl (C=O) groups excluding carboxylic acids is 1. The summed E-state index contributed by atoms with van der Waals surface area (Å²) in [6.45, 7) is 5.76. The van der Waals surface area contributed by atoms with Crippen LogP contribution in [0.1, 0.15) is 26.5 Å². The normalized spacial score (nSPS) is 11.2. The molecule has 0 unspecified atom stereocenters. The number of pyridine rings is 1. The van der Waals surface area contributed by atoms with Crippen molar-refractivity contribution in [2.45, 2.75) is 32.9 Å². The van der Waals surface area contributed by atoms with Crippen molar-refractivity contribution in [3.63, 3.8) is 0 Å². The largest absolute Gasteiger partial charge is 0.444 e. The molecule has 2 rings (SSSR count). The number of amides is 1. The van der Waals surface area contributed by atoms with Gasteiger partial charge in [0.1, 0.15) is 11.3 Å². The molecule has 2 heterocycles. The van der Waals surface area contributed by atoms with Gasteiger partial charge in [0, 0.05) is 0 Å². The molecule has 7 nitrogen and oxygen atoms in total. The van der Waals surface area contributed by atoms with E-state index in [1.807, 2.05) is 26.8 Å². The molecular weight excluding hydrogens is 258 g/mol. The van der Waals surface area contributed by atoms with Crippen LogP contribution in [0.2, 0.25) is 0 Å². The van der Waals surface area contributed by atoms with E-state index in [2.05, 4.69) is 20.5 Å². The van der Waals surface area contributed by atoms with E-state index in [9.17, 15) is 4.79 Å². The van der Waals surface area contributed by atoms with Crippen LogP contribution < -0.4 is 5.32 Å². The number of nitrogens with one attached hydrogen (secondary N) is 1. The van der Waals surface area contributed by atoms with Gasteiger partial charge < -0.3 is 10.1 Å². The fourth-order valence-corrected chi connectivity index (χ4v) is 1.47.